The molecule has 1 aromatic rings. The molecule has 2 atom stereocenters. The highest BCUT2D eigenvalue weighted by Gasteiger charge is 2.29. The smallest absolute Gasteiger partial charge is 0.226 e. The quantitative estimate of drug-likeness (QED) is 0.874. The van der Waals surface area contributed by atoms with Gasteiger partial charge in [0.15, 0.2) is 0 Å². The lowest BCUT2D eigenvalue weighted by atomic mass is 9.85. The molecule has 2 N–H and O–H groups in total. The number of halogens is 1. The Morgan fingerprint density at radius 1 is 1.22 bits per heavy atom. The first-order valence-electron chi connectivity index (χ1n) is 8.39. The van der Waals surface area contributed by atoms with Gasteiger partial charge in [0.25, 0.3) is 0 Å². The van der Waals surface area contributed by atoms with E-state index in [1.165, 1.54) is 12.1 Å². The minimum Gasteiger partial charge on any atom is -0.337 e. The van der Waals surface area contributed by atoms with Crippen LogP contribution in [0, 0.1) is 11.7 Å². The van der Waals surface area contributed by atoms with Crippen LogP contribution in [0.5, 0.6) is 0 Å². The Morgan fingerprint density at radius 3 is 2.52 bits per heavy atom. The first-order chi connectivity index (χ1) is 11.0. The zero-order valence-corrected chi connectivity index (χ0v) is 14.2. The second kappa shape index (κ2) is 8.41. The summed E-state index contributed by atoms with van der Waals surface area (Å²) in [5, 5.41) is 0. The number of carbonyl (C=O) groups excluding carboxylic acids is 1. The lowest BCUT2D eigenvalue weighted by Gasteiger charge is -2.32. The largest absolute Gasteiger partial charge is 0.337 e. The zero-order chi connectivity index (χ0) is 16.8. The zero-order valence-electron chi connectivity index (χ0n) is 14.2. The van der Waals surface area contributed by atoms with E-state index in [0.29, 0.717) is 13.1 Å². The van der Waals surface area contributed by atoms with Crippen LogP contribution in [0.15, 0.2) is 24.3 Å². The summed E-state index contributed by atoms with van der Waals surface area (Å²) >= 11 is 0. The van der Waals surface area contributed by atoms with Crippen LogP contribution >= 0.6 is 0 Å². The number of hydrogen-bond donors (Lipinski definition) is 1. The van der Waals surface area contributed by atoms with E-state index in [0.717, 1.165) is 37.8 Å². The molecule has 0 aliphatic heterocycles. The van der Waals surface area contributed by atoms with Gasteiger partial charge in [-0.1, -0.05) is 18.6 Å². The molecule has 0 radical (unpaired) electrons. The summed E-state index contributed by atoms with van der Waals surface area (Å²) in [6, 6.07) is 6.52. The van der Waals surface area contributed by atoms with Crippen LogP contribution in [0.4, 0.5) is 4.39 Å². The first-order valence-corrected chi connectivity index (χ1v) is 8.39. The van der Waals surface area contributed by atoms with Gasteiger partial charge >= 0.3 is 0 Å². The van der Waals surface area contributed by atoms with Crippen molar-refractivity contribution in [1.29, 1.82) is 0 Å². The predicted octanol–water partition coefficient (Wildman–Crippen LogP) is 2.23. The minimum atomic E-state index is -0.252. The fourth-order valence-electron chi connectivity index (χ4n) is 3.11. The molecule has 1 saturated carbocycles. The van der Waals surface area contributed by atoms with Crippen molar-refractivity contribution in [2.24, 2.45) is 11.7 Å². The van der Waals surface area contributed by atoms with Crippen LogP contribution < -0.4 is 5.73 Å². The van der Waals surface area contributed by atoms with E-state index in [-0.39, 0.29) is 23.7 Å². The van der Waals surface area contributed by atoms with Crippen molar-refractivity contribution in [1.82, 2.24) is 9.80 Å². The van der Waals surface area contributed by atoms with E-state index in [1.54, 1.807) is 12.1 Å². The van der Waals surface area contributed by atoms with Crippen molar-refractivity contribution >= 4 is 5.91 Å². The Bertz CT molecular complexity index is 503. The molecule has 0 saturated heterocycles. The number of nitrogens with two attached hydrogens (primary N) is 1. The van der Waals surface area contributed by atoms with Crippen LogP contribution in [-0.4, -0.2) is 48.9 Å². The molecule has 4 nitrogen and oxygen atoms in total. The van der Waals surface area contributed by atoms with Gasteiger partial charge in [-0.2, -0.15) is 0 Å². The maximum Gasteiger partial charge on any atom is 0.226 e. The average Bonchev–Trinajstić information content (AvgIpc) is 2.52. The molecule has 5 heteroatoms. The second-order valence-corrected chi connectivity index (χ2v) is 6.81. The number of rotatable bonds is 6. The Kier molecular flexibility index (Phi) is 6.54. The van der Waals surface area contributed by atoms with Gasteiger partial charge in [0.05, 0.1) is 0 Å². The van der Waals surface area contributed by atoms with Crippen LogP contribution in [0.3, 0.4) is 0 Å². The average molecular weight is 321 g/mol. The van der Waals surface area contributed by atoms with Gasteiger partial charge in [0, 0.05) is 31.6 Å². The fraction of sp³-hybridized carbons (Fsp3) is 0.611. The second-order valence-electron chi connectivity index (χ2n) is 6.81. The first kappa shape index (κ1) is 17.9. The molecule has 128 valence electrons. The lowest BCUT2D eigenvalue weighted by Crippen LogP contribution is -2.42. The molecule has 1 aliphatic rings. The Labute approximate surface area is 138 Å². The molecular formula is C18H28FN3O. The Balaban J connectivity index is 2.05. The lowest BCUT2D eigenvalue weighted by molar-refractivity contribution is -0.137. The van der Waals surface area contributed by atoms with Gasteiger partial charge in [-0.05, 0) is 51.1 Å². The normalized spacial score (nSPS) is 21.4. The number of hydrogen-bond acceptors (Lipinski definition) is 3. The van der Waals surface area contributed by atoms with E-state index in [9.17, 15) is 9.18 Å². The summed E-state index contributed by atoms with van der Waals surface area (Å²) in [7, 11) is 3.99. The van der Waals surface area contributed by atoms with Crippen molar-refractivity contribution in [2.75, 3.05) is 27.2 Å². The molecule has 1 aromatic carbocycles. The van der Waals surface area contributed by atoms with E-state index in [2.05, 4.69) is 4.90 Å². The van der Waals surface area contributed by atoms with Gasteiger partial charge in [-0.25, -0.2) is 4.39 Å². The third kappa shape index (κ3) is 5.59. The van der Waals surface area contributed by atoms with Crippen molar-refractivity contribution in [3.63, 3.8) is 0 Å². The molecular weight excluding hydrogens is 293 g/mol. The van der Waals surface area contributed by atoms with Gasteiger partial charge in [0.1, 0.15) is 5.82 Å². The van der Waals surface area contributed by atoms with Gasteiger partial charge in [-0.3, -0.25) is 4.79 Å². The highest BCUT2D eigenvalue weighted by molar-refractivity contribution is 5.79. The summed E-state index contributed by atoms with van der Waals surface area (Å²) in [6.45, 7) is 2.01. The van der Waals surface area contributed by atoms with E-state index >= 15 is 0 Å². The molecule has 23 heavy (non-hydrogen) atoms. The third-order valence-corrected chi connectivity index (χ3v) is 4.48. The molecule has 0 heterocycles. The van der Waals surface area contributed by atoms with Crippen LogP contribution in [-0.2, 0) is 11.3 Å². The molecule has 0 unspecified atom stereocenters. The fourth-order valence-corrected chi connectivity index (χ4v) is 3.11. The monoisotopic (exact) mass is 321 g/mol. The van der Waals surface area contributed by atoms with Crippen LogP contribution in [0.1, 0.15) is 31.2 Å². The SMILES string of the molecule is CN(C)CCN(Cc1ccc(F)cc1)C(=O)[C@H]1CCC[C@@H](N)C1. The molecule has 1 amide bonds. The minimum absolute atomic E-state index is 0.0290. The highest BCUT2D eigenvalue weighted by Crippen LogP contribution is 2.25. The number of nitrogens with zero attached hydrogens (tertiary/aromatic N) is 2. The summed E-state index contributed by atoms with van der Waals surface area (Å²) < 4.78 is 13.1. The molecule has 0 spiro atoms. The van der Waals surface area contributed by atoms with Crippen molar-refractivity contribution in [3.8, 4) is 0 Å². The maximum absolute atomic E-state index is 13.1. The molecule has 2 rings (SSSR count). The van der Waals surface area contributed by atoms with Crippen molar-refractivity contribution < 1.29 is 9.18 Å². The van der Waals surface area contributed by atoms with E-state index in [4.69, 9.17) is 5.73 Å². The predicted molar refractivity (Wildman–Crippen MR) is 90.3 cm³/mol. The van der Waals surface area contributed by atoms with Gasteiger partial charge < -0.3 is 15.5 Å². The molecule has 0 bridgehead atoms. The van der Waals surface area contributed by atoms with E-state index < -0.39 is 0 Å². The Morgan fingerprint density at radius 2 is 1.91 bits per heavy atom. The molecule has 0 aromatic heterocycles. The van der Waals surface area contributed by atoms with Crippen molar-refractivity contribution in [3.05, 3.63) is 35.6 Å². The number of amides is 1. The van der Waals surface area contributed by atoms with Gasteiger partial charge in [-0.15, -0.1) is 0 Å². The number of carbonyl (C=O) groups is 1. The maximum atomic E-state index is 13.1. The van der Waals surface area contributed by atoms with Crippen LogP contribution in [0.2, 0.25) is 0 Å². The summed E-state index contributed by atoms with van der Waals surface area (Å²) in [4.78, 5) is 16.9. The topological polar surface area (TPSA) is 49.6 Å². The third-order valence-electron chi connectivity index (χ3n) is 4.48. The standard InChI is InChI=1S/C18H28FN3O/c1-21(2)10-11-22(13-14-6-8-16(19)9-7-14)18(23)15-4-3-5-17(20)12-15/h6-9,15,17H,3-5,10-13,20H2,1-2H3/t15-,17+/m0/s1. The number of likely N-dealkylation sites (N-methyl/N-ethyl adjacent to an activating group) is 1. The van der Waals surface area contributed by atoms with Crippen LogP contribution in [0.25, 0.3) is 0 Å². The van der Waals surface area contributed by atoms with Gasteiger partial charge in [0.2, 0.25) is 5.91 Å². The summed E-state index contributed by atoms with van der Waals surface area (Å²) in [5.41, 5.74) is 6.99. The van der Waals surface area contributed by atoms with Crippen molar-refractivity contribution in [2.45, 2.75) is 38.3 Å². The Hall–Kier alpha value is -1.46. The number of benzene rings is 1. The highest BCUT2D eigenvalue weighted by atomic mass is 19.1. The summed E-state index contributed by atoms with van der Waals surface area (Å²) in [5.74, 6) is -0.0362. The summed E-state index contributed by atoms with van der Waals surface area (Å²) in [6.07, 6.45) is 3.74. The van der Waals surface area contributed by atoms with E-state index in [1.807, 2.05) is 19.0 Å². The molecule has 1 aliphatic carbocycles. The molecule has 1 fully saturated rings.